The van der Waals surface area contributed by atoms with Crippen LogP contribution in [0.5, 0.6) is 0 Å². The van der Waals surface area contributed by atoms with E-state index in [1.807, 2.05) is 6.92 Å². The maximum Gasteiger partial charge on any atom is 0.305 e. The van der Waals surface area contributed by atoms with E-state index in [1.54, 1.807) is 0 Å². The van der Waals surface area contributed by atoms with Gasteiger partial charge in [-0.3, -0.25) is 4.79 Å². The second kappa shape index (κ2) is 3.36. The molecule has 0 aromatic carbocycles. The molecule has 2 fully saturated rings. The third-order valence-corrected chi connectivity index (χ3v) is 4.52. The fourth-order valence-corrected chi connectivity index (χ4v) is 3.87. The van der Waals surface area contributed by atoms with Crippen molar-refractivity contribution in [3.8, 4) is 0 Å². The highest BCUT2D eigenvalue weighted by Gasteiger charge is 2.53. The first kappa shape index (κ1) is 9.44. The monoisotopic (exact) mass is 206 g/mol. The molecule has 0 saturated heterocycles. The average Bonchev–Trinajstić information content (AvgIpc) is 2.87. The number of hydrogen-bond acceptors (Lipinski definition) is 2. The lowest BCUT2D eigenvalue weighted by atomic mass is 9.80. The highest BCUT2D eigenvalue weighted by atomic mass is 16.5. The molecule has 2 heteroatoms. The fraction of sp³-hybridized carbons (Fsp3) is 0.769. The maximum atomic E-state index is 11.3. The average molecular weight is 206 g/mol. The normalized spacial score (nSPS) is 45.8. The molecular formula is C13H18O2. The highest BCUT2D eigenvalue weighted by Crippen LogP contribution is 2.57. The summed E-state index contributed by atoms with van der Waals surface area (Å²) in [6.07, 6.45) is 9.10. The second-order valence-corrected chi connectivity index (χ2v) is 5.18. The van der Waals surface area contributed by atoms with Gasteiger partial charge in [0, 0.05) is 12.3 Å². The summed E-state index contributed by atoms with van der Waals surface area (Å²) >= 11 is 0. The van der Waals surface area contributed by atoms with Crippen molar-refractivity contribution in [1.82, 2.24) is 0 Å². The number of esters is 1. The van der Waals surface area contributed by atoms with Crippen molar-refractivity contribution < 1.29 is 9.53 Å². The van der Waals surface area contributed by atoms with E-state index in [4.69, 9.17) is 4.74 Å². The van der Waals surface area contributed by atoms with Crippen LogP contribution in [0, 0.1) is 23.7 Å². The maximum absolute atomic E-state index is 11.3. The number of fused-ring (bicyclic) bond motifs is 5. The van der Waals surface area contributed by atoms with Crippen molar-refractivity contribution in [2.24, 2.45) is 23.7 Å². The van der Waals surface area contributed by atoms with Gasteiger partial charge in [0.1, 0.15) is 6.10 Å². The third kappa shape index (κ3) is 1.34. The van der Waals surface area contributed by atoms with Gasteiger partial charge in [0.05, 0.1) is 0 Å². The number of carbonyl (C=O) groups excluding carboxylic acids is 1. The molecule has 0 aliphatic heterocycles. The van der Waals surface area contributed by atoms with Crippen LogP contribution in [-0.2, 0) is 9.53 Å². The van der Waals surface area contributed by atoms with Gasteiger partial charge in [0.15, 0.2) is 0 Å². The van der Waals surface area contributed by atoms with E-state index in [0.29, 0.717) is 12.3 Å². The zero-order valence-corrected chi connectivity index (χ0v) is 9.19. The quantitative estimate of drug-likeness (QED) is 0.512. The SMILES string of the molecule is CCC(=O)O[C@@H]1C[C@@H]2C[C@H]1[C@@H]1C=CC[C@@H]21. The fourth-order valence-electron chi connectivity index (χ4n) is 3.87. The smallest absolute Gasteiger partial charge is 0.305 e. The lowest BCUT2D eigenvalue weighted by molar-refractivity contribution is -0.152. The van der Waals surface area contributed by atoms with Gasteiger partial charge in [-0.15, -0.1) is 0 Å². The molecule has 0 heterocycles. The Morgan fingerprint density at radius 1 is 1.40 bits per heavy atom. The summed E-state index contributed by atoms with van der Waals surface area (Å²) in [7, 11) is 0. The molecule has 2 saturated carbocycles. The molecule has 2 nitrogen and oxygen atoms in total. The summed E-state index contributed by atoms with van der Waals surface area (Å²) in [4.78, 5) is 11.3. The molecule has 3 aliphatic carbocycles. The van der Waals surface area contributed by atoms with Crippen LogP contribution in [-0.4, -0.2) is 12.1 Å². The van der Waals surface area contributed by atoms with Gasteiger partial charge >= 0.3 is 5.97 Å². The Kier molecular flexibility index (Phi) is 2.11. The van der Waals surface area contributed by atoms with Crippen LogP contribution >= 0.6 is 0 Å². The van der Waals surface area contributed by atoms with E-state index in [9.17, 15) is 4.79 Å². The van der Waals surface area contributed by atoms with Crippen molar-refractivity contribution in [2.75, 3.05) is 0 Å². The Labute approximate surface area is 90.7 Å². The van der Waals surface area contributed by atoms with Crippen molar-refractivity contribution in [3.63, 3.8) is 0 Å². The summed E-state index contributed by atoms with van der Waals surface area (Å²) in [5.74, 6) is 3.04. The van der Waals surface area contributed by atoms with Crippen LogP contribution in [0.2, 0.25) is 0 Å². The second-order valence-electron chi connectivity index (χ2n) is 5.18. The van der Waals surface area contributed by atoms with Gasteiger partial charge in [-0.05, 0) is 37.0 Å². The van der Waals surface area contributed by atoms with E-state index in [2.05, 4.69) is 12.2 Å². The largest absolute Gasteiger partial charge is 0.462 e. The van der Waals surface area contributed by atoms with Crippen LogP contribution in [0.4, 0.5) is 0 Å². The molecule has 2 bridgehead atoms. The lowest BCUT2D eigenvalue weighted by Crippen LogP contribution is -2.31. The number of ether oxygens (including phenoxy) is 1. The summed E-state index contributed by atoms with van der Waals surface area (Å²) in [6.45, 7) is 1.87. The first-order valence-electron chi connectivity index (χ1n) is 6.15. The highest BCUT2D eigenvalue weighted by molar-refractivity contribution is 5.69. The molecule has 0 amide bonds. The molecule has 0 aromatic rings. The Morgan fingerprint density at radius 2 is 2.27 bits per heavy atom. The molecule has 5 atom stereocenters. The van der Waals surface area contributed by atoms with E-state index in [-0.39, 0.29) is 12.1 Å². The van der Waals surface area contributed by atoms with Crippen molar-refractivity contribution in [1.29, 1.82) is 0 Å². The zero-order chi connectivity index (χ0) is 10.4. The van der Waals surface area contributed by atoms with Gasteiger partial charge in [0.2, 0.25) is 0 Å². The third-order valence-electron chi connectivity index (χ3n) is 4.52. The molecule has 0 unspecified atom stereocenters. The van der Waals surface area contributed by atoms with E-state index < -0.39 is 0 Å². The van der Waals surface area contributed by atoms with E-state index >= 15 is 0 Å². The van der Waals surface area contributed by atoms with E-state index in [1.165, 1.54) is 12.8 Å². The van der Waals surface area contributed by atoms with E-state index in [0.717, 1.165) is 24.2 Å². The Balaban J connectivity index is 1.70. The van der Waals surface area contributed by atoms with Gasteiger partial charge in [-0.2, -0.15) is 0 Å². The molecule has 82 valence electrons. The number of rotatable bonds is 2. The lowest BCUT2D eigenvalue weighted by Gasteiger charge is -2.30. The summed E-state index contributed by atoms with van der Waals surface area (Å²) < 4.78 is 5.53. The van der Waals surface area contributed by atoms with Gasteiger partial charge in [0.25, 0.3) is 0 Å². The zero-order valence-electron chi connectivity index (χ0n) is 9.19. The topological polar surface area (TPSA) is 26.3 Å². The van der Waals surface area contributed by atoms with Crippen molar-refractivity contribution in [3.05, 3.63) is 12.2 Å². The van der Waals surface area contributed by atoms with Crippen LogP contribution in [0.25, 0.3) is 0 Å². The van der Waals surface area contributed by atoms with Crippen LogP contribution < -0.4 is 0 Å². The van der Waals surface area contributed by atoms with Crippen molar-refractivity contribution in [2.45, 2.75) is 38.7 Å². The Bertz CT molecular complexity index is 308. The van der Waals surface area contributed by atoms with Crippen LogP contribution in [0.1, 0.15) is 32.6 Å². The van der Waals surface area contributed by atoms with Gasteiger partial charge < -0.3 is 4.74 Å². The molecule has 0 aromatic heterocycles. The van der Waals surface area contributed by atoms with Crippen LogP contribution in [0.15, 0.2) is 12.2 Å². The minimum atomic E-state index is -0.0222. The Morgan fingerprint density at radius 3 is 3.07 bits per heavy atom. The van der Waals surface area contributed by atoms with Gasteiger partial charge in [-0.25, -0.2) is 0 Å². The number of carbonyl (C=O) groups is 1. The summed E-state index contributed by atoms with van der Waals surface area (Å²) in [5, 5.41) is 0. The summed E-state index contributed by atoms with van der Waals surface area (Å²) in [5.41, 5.74) is 0. The molecule has 0 radical (unpaired) electrons. The minimum absolute atomic E-state index is 0.0222. The first-order chi connectivity index (χ1) is 7.29. The van der Waals surface area contributed by atoms with Crippen LogP contribution in [0.3, 0.4) is 0 Å². The minimum Gasteiger partial charge on any atom is -0.462 e. The predicted octanol–water partition coefficient (Wildman–Crippen LogP) is 2.54. The Hall–Kier alpha value is -0.790. The molecule has 3 aliphatic rings. The van der Waals surface area contributed by atoms with Gasteiger partial charge in [-0.1, -0.05) is 19.1 Å². The van der Waals surface area contributed by atoms with Crippen molar-refractivity contribution >= 4 is 5.97 Å². The molecular weight excluding hydrogens is 188 g/mol. The molecule has 3 rings (SSSR count). The molecule has 15 heavy (non-hydrogen) atoms. The molecule has 0 N–H and O–H groups in total. The first-order valence-corrected chi connectivity index (χ1v) is 6.15. The molecule has 0 spiro atoms. The number of allylic oxidation sites excluding steroid dienone is 2. The predicted molar refractivity (Wildman–Crippen MR) is 57.1 cm³/mol. The standard InChI is InChI=1S/C13H18O2/c1-2-13(14)15-12-7-8-6-11(12)10-5-3-4-9(8)10/h3,5,8-12H,2,4,6-7H2,1H3/t8-,9-,10+,11-,12+/m0/s1. The number of hydrogen-bond donors (Lipinski definition) is 0. The summed E-state index contributed by atoms with van der Waals surface area (Å²) in [6, 6.07) is 0.